The van der Waals surface area contributed by atoms with Crippen LogP contribution in [0.25, 0.3) is 0 Å². The Morgan fingerprint density at radius 3 is 2.79 bits per heavy atom. The molecule has 0 radical (unpaired) electrons. The highest BCUT2D eigenvalue weighted by atomic mass is 79.9. The van der Waals surface area contributed by atoms with Crippen molar-refractivity contribution in [2.75, 3.05) is 11.5 Å². The van der Waals surface area contributed by atoms with Crippen molar-refractivity contribution in [2.24, 2.45) is 0 Å². The zero-order valence-corrected chi connectivity index (χ0v) is 12.9. The lowest BCUT2D eigenvalue weighted by molar-refractivity contribution is -0.143. The Bertz CT molecular complexity index is 532. The highest BCUT2D eigenvalue weighted by Gasteiger charge is 2.43. The van der Waals surface area contributed by atoms with E-state index >= 15 is 0 Å². The lowest BCUT2D eigenvalue weighted by Crippen LogP contribution is -2.54. The standard InChI is InChI=1S/C12H11BrClNO3S/c13-7-1-2-9(14)8(5-7)10(16)15-12(11(17)18)3-4-19-6-12/h1-2,5H,3-4,6H2,(H,15,16)(H,17,18)/t12-/m0/s1. The molecule has 19 heavy (non-hydrogen) atoms. The van der Waals surface area contributed by atoms with Crippen molar-refractivity contribution in [1.29, 1.82) is 0 Å². The molecule has 2 N–H and O–H groups in total. The number of thioether (sulfide) groups is 1. The Morgan fingerprint density at radius 2 is 2.21 bits per heavy atom. The van der Waals surface area contributed by atoms with Crippen LogP contribution in [0.15, 0.2) is 22.7 Å². The number of halogens is 2. The van der Waals surface area contributed by atoms with E-state index in [0.717, 1.165) is 5.75 Å². The van der Waals surface area contributed by atoms with E-state index in [-0.39, 0.29) is 5.56 Å². The summed E-state index contributed by atoms with van der Waals surface area (Å²) in [6.45, 7) is 0. The van der Waals surface area contributed by atoms with Crippen LogP contribution >= 0.6 is 39.3 Å². The van der Waals surface area contributed by atoms with Crippen molar-refractivity contribution in [3.05, 3.63) is 33.3 Å². The number of carbonyl (C=O) groups excluding carboxylic acids is 1. The van der Waals surface area contributed by atoms with E-state index in [4.69, 9.17) is 11.6 Å². The summed E-state index contributed by atoms with van der Waals surface area (Å²) in [6, 6.07) is 4.89. The molecule has 0 aliphatic carbocycles. The zero-order chi connectivity index (χ0) is 14.0. The first-order chi connectivity index (χ1) is 8.94. The van der Waals surface area contributed by atoms with E-state index in [1.54, 1.807) is 18.2 Å². The summed E-state index contributed by atoms with van der Waals surface area (Å²) >= 11 is 10.7. The SMILES string of the molecule is O=C(N[C@@]1(C(=O)O)CCSC1)c1cc(Br)ccc1Cl. The minimum atomic E-state index is -1.19. The first-order valence-electron chi connectivity index (χ1n) is 5.53. The molecule has 1 aromatic rings. The van der Waals surface area contributed by atoms with Gasteiger partial charge in [-0.2, -0.15) is 11.8 Å². The van der Waals surface area contributed by atoms with Crippen LogP contribution in [-0.2, 0) is 4.79 Å². The van der Waals surface area contributed by atoms with Crippen molar-refractivity contribution < 1.29 is 14.7 Å². The van der Waals surface area contributed by atoms with Gasteiger partial charge in [-0.1, -0.05) is 27.5 Å². The molecule has 0 bridgehead atoms. The molecule has 0 unspecified atom stereocenters. The monoisotopic (exact) mass is 363 g/mol. The highest BCUT2D eigenvalue weighted by Crippen LogP contribution is 2.29. The number of hydrogen-bond donors (Lipinski definition) is 2. The lowest BCUT2D eigenvalue weighted by Gasteiger charge is -2.24. The molecular formula is C12H11BrClNO3S. The maximum Gasteiger partial charge on any atom is 0.330 e. The quantitative estimate of drug-likeness (QED) is 0.865. The van der Waals surface area contributed by atoms with Crippen LogP contribution in [0, 0.1) is 0 Å². The molecule has 4 nitrogen and oxygen atoms in total. The largest absolute Gasteiger partial charge is 0.479 e. The van der Waals surface area contributed by atoms with Gasteiger partial charge in [0.05, 0.1) is 10.6 Å². The highest BCUT2D eigenvalue weighted by molar-refractivity contribution is 9.10. The van der Waals surface area contributed by atoms with Gasteiger partial charge in [0.15, 0.2) is 0 Å². The van der Waals surface area contributed by atoms with Gasteiger partial charge in [0, 0.05) is 10.2 Å². The second-order valence-electron chi connectivity index (χ2n) is 4.27. The van der Waals surface area contributed by atoms with Crippen molar-refractivity contribution in [2.45, 2.75) is 12.0 Å². The molecule has 102 valence electrons. The van der Waals surface area contributed by atoms with Gasteiger partial charge in [-0.15, -0.1) is 0 Å². The van der Waals surface area contributed by atoms with Gasteiger partial charge in [-0.25, -0.2) is 4.79 Å². The molecular weight excluding hydrogens is 354 g/mol. The van der Waals surface area contributed by atoms with Crippen LogP contribution in [-0.4, -0.2) is 34.0 Å². The summed E-state index contributed by atoms with van der Waals surface area (Å²) in [5.41, 5.74) is -0.915. The molecule has 1 aliphatic heterocycles. The van der Waals surface area contributed by atoms with E-state index < -0.39 is 17.4 Å². The molecule has 1 amide bonds. The molecule has 0 saturated carbocycles. The minimum Gasteiger partial charge on any atom is -0.479 e. The van der Waals surface area contributed by atoms with Crippen molar-refractivity contribution >= 4 is 51.2 Å². The zero-order valence-electron chi connectivity index (χ0n) is 9.78. The molecule has 1 aliphatic rings. The summed E-state index contributed by atoms with van der Waals surface area (Å²) in [7, 11) is 0. The topological polar surface area (TPSA) is 66.4 Å². The third kappa shape index (κ3) is 3.07. The van der Waals surface area contributed by atoms with E-state index in [1.165, 1.54) is 11.8 Å². The Hall–Kier alpha value is -0.720. The molecule has 1 atom stereocenters. The number of carbonyl (C=O) groups is 2. The molecule has 0 spiro atoms. The van der Waals surface area contributed by atoms with Crippen LogP contribution in [0.5, 0.6) is 0 Å². The van der Waals surface area contributed by atoms with Gasteiger partial charge in [0.25, 0.3) is 5.91 Å². The molecule has 1 fully saturated rings. The summed E-state index contributed by atoms with van der Waals surface area (Å²) in [6.07, 6.45) is 0.421. The second kappa shape index (κ2) is 5.73. The van der Waals surface area contributed by atoms with Gasteiger partial charge >= 0.3 is 5.97 Å². The first kappa shape index (κ1) is 14.7. The number of rotatable bonds is 3. The molecule has 1 saturated heterocycles. The Balaban J connectivity index is 2.25. The van der Waals surface area contributed by atoms with E-state index in [9.17, 15) is 14.7 Å². The van der Waals surface area contributed by atoms with Crippen molar-refractivity contribution in [1.82, 2.24) is 5.32 Å². The Labute approximate surface area is 128 Å². The maximum absolute atomic E-state index is 12.2. The third-order valence-electron chi connectivity index (χ3n) is 2.96. The van der Waals surface area contributed by atoms with Crippen molar-refractivity contribution in [3.8, 4) is 0 Å². The predicted molar refractivity (Wildman–Crippen MR) is 78.9 cm³/mol. The van der Waals surface area contributed by atoms with Gasteiger partial charge in [0.1, 0.15) is 5.54 Å². The van der Waals surface area contributed by atoms with Crippen LogP contribution < -0.4 is 5.32 Å². The summed E-state index contributed by atoms with van der Waals surface area (Å²) in [5.74, 6) is -0.369. The number of aliphatic carboxylic acids is 1. The molecule has 7 heteroatoms. The molecule has 0 aromatic heterocycles. The van der Waals surface area contributed by atoms with E-state index in [2.05, 4.69) is 21.2 Å². The van der Waals surface area contributed by atoms with Crippen LogP contribution in [0.1, 0.15) is 16.8 Å². The predicted octanol–water partition coefficient (Wildman–Crippen LogP) is 2.79. The second-order valence-corrected chi connectivity index (χ2v) is 6.70. The Kier molecular flexibility index (Phi) is 4.43. The fourth-order valence-corrected chi connectivity index (χ4v) is 3.73. The van der Waals surface area contributed by atoms with Crippen LogP contribution in [0.4, 0.5) is 0 Å². The number of carboxylic acids is 1. The van der Waals surface area contributed by atoms with Crippen LogP contribution in [0.2, 0.25) is 5.02 Å². The summed E-state index contributed by atoms with van der Waals surface area (Å²) in [5, 5.41) is 12.2. The fourth-order valence-electron chi connectivity index (χ4n) is 1.84. The molecule has 2 rings (SSSR count). The van der Waals surface area contributed by atoms with E-state index in [1.807, 2.05) is 0 Å². The van der Waals surface area contributed by atoms with Crippen molar-refractivity contribution in [3.63, 3.8) is 0 Å². The van der Waals surface area contributed by atoms with Gasteiger partial charge < -0.3 is 10.4 Å². The fraction of sp³-hybridized carbons (Fsp3) is 0.333. The van der Waals surface area contributed by atoms with Gasteiger partial charge in [0.2, 0.25) is 0 Å². The van der Waals surface area contributed by atoms with Gasteiger partial charge in [-0.05, 0) is 30.4 Å². The number of nitrogens with one attached hydrogen (secondary N) is 1. The smallest absolute Gasteiger partial charge is 0.330 e. The van der Waals surface area contributed by atoms with Crippen LogP contribution in [0.3, 0.4) is 0 Å². The normalized spacial score (nSPS) is 22.2. The summed E-state index contributed by atoms with van der Waals surface area (Å²) < 4.78 is 0.715. The number of amides is 1. The minimum absolute atomic E-state index is 0.272. The third-order valence-corrected chi connectivity index (χ3v) is 4.97. The Morgan fingerprint density at radius 1 is 1.47 bits per heavy atom. The maximum atomic E-state index is 12.2. The molecule has 1 heterocycles. The average molecular weight is 365 g/mol. The summed E-state index contributed by atoms with van der Waals surface area (Å²) in [4.78, 5) is 23.6. The lowest BCUT2D eigenvalue weighted by atomic mass is 9.98. The number of benzene rings is 1. The number of hydrogen-bond acceptors (Lipinski definition) is 3. The molecule has 1 aromatic carbocycles. The van der Waals surface area contributed by atoms with E-state index in [0.29, 0.717) is 21.7 Å². The average Bonchev–Trinajstić information content (AvgIpc) is 2.82. The first-order valence-corrected chi connectivity index (χ1v) is 7.86. The number of carboxylic acid groups (broad SMARTS) is 1. The van der Waals surface area contributed by atoms with Gasteiger partial charge in [-0.3, -0.25) is 4.79 Å².